The molecular formula is C12H14N6OS2. The second-order valence-corrected chi connectivity index (χ2v) is 6.19. The maximum absolute atomic E-state index is 5.73. The van der Waals surface area contributed by atoms with Gasteiger partial charge in [-0.15, -0.1) is 21.5 Å². The van der Waals surface area contributed by atoms with Gasteiger partial charge >= 0.3 is 0 Å². The first kappa shape index (κ1) is 14.1. The van der Waals surface area contributed by atoms with E-state index < -0.39 is 0 Å². The van der Waals surface area contributed by atoms with Crippen LogP contribution in [0.3, 0.4) is 0 Å². The maximum atomic E-state index is 5.73. The van der Waals surface area contributed by atoms with Gasteiger partial charge in [-0.2, -0.15) is 0 Å². The molecule has 3 aromatic heterocycles. The van der Waals surface area contributed by atoms with E-state index in [2.05, 4.69) is 20.5 Å². The van der Waals surface area contributed by atoms with Crippen molar-refractivity contribution in [1.29, 1.82) is 0 Å². The SMILES string of the molecule is Cn1cnnc1Sc1ccc(CNCc2csc(N)n2)o1. The van der Waals surface area contributed by atoms with Gasteiger partial charge in [0, 0.05) is 19.0 Å². The molecule has 0 aliphatic carbocycles. The minimum Gasteiger partial charge on any atom is -0.453 e. The molecule has 0 bridgehead atoms. The molecule has 0 unspecified atom stereocenters. The van der Waals surface area contributed by atoms with Gasteiger partial charge in [0.1, 0.15) is 12.1 Å². The molecule has 3 aromatic rings. The third kappa shape index (κ3) is 3.63. The third-order valence-corrected chi connectivity index (χ3v) is 4.37. The maximum Gasteiger partial charge on any atom is 0.198 e. The van der Waals surface area contributed by atoms with Crippen molar-refractivity contribution in [2.45, 2.75) is 23.3 Å². The van der Waals surface area contributed by atoms with Crippen LogP contribution in [0.25, 0.3) is 0 Å². The number of hydrogen-bond acceptors (Lipinski definition) is 8. The topological polar surface area (TPSA) is 94.8 Å². The number of hydrogen-bond donors (Lipinski definition) is 2. The zero-order valence-corrected chi connectivity index (χ0v) is 12.9. The Kier molecular flexibility index (Phi) is 4.23. The van der Waals surface area contributed by atoms with Crippen LogP contribution in [0.4, 0.5) is 5.13 Å². The van der Waals surface area contributed by atoms with Crippen molar-refractivity contribution >= 4 is 28.2 Å². The lowest BCUT2D eigenvalue weighted by atomic mass is 10.4. The Bertz CT molecular complexity index is 719. The highest BCUT2D eigenvalue weighted by Gasteiger charge is 2.08. The monoisotopic (exact) mass is 322 g/mol. The van der Waals surface area contributed by atoms with Crippen LogP contribution in [0.2, 0.25) is 0 Å². The zero-order chi connectivity index (χ0) is 14.7. The third-order valence-electron chi connectivity index (χ3n) is 2.67. The molecule has 9 heteroatoms. The number of aryl methyl sites for hydroxylation is 1. The van der Waals surface area contributed by atoms with Crippen LogP contribution in [-0.4, -0.2) is 19.7 Å². The first-order chi connectivity index (χ1) is 10.2. The van der Waals surface area contributed by atoms with E-state index in [1.807, 2.05) is 29.1 Å². The van der Waals surface area contributed by atoms with Gasteiger partial charge in [-0.3, -0.25) is 0 Å². The molecule has 0 aliphatic rings. The summed E-state index contributed by atoms with van der Waals surface area (Å²) < 4.78 is 7.58. The predicted molar refractivity (Wildman–Crippen MR) is 80.9 cm³/mol. The highest BCUT2D eigenvalue weighted by Crippen LogP contribution is 2.27. The Morgan fingerprint density at radius 3 is 3.05 bits per heavy atom. The number of thiazole rings is 1. The van der Waals surface area contributed by atoms with Crippen molar-refractivity contribution in [2.24, 2.45) is 7.05 Å². The smallest absolute Gasteiger partial charge is 0.198 e. The molecule has 7 nitrogen and oxygen atoms in total. The fraction of sp³-hybridized carbons (Fsp3) is 0.250. The van der Waals surface area contributed by atoms with Crippen LogP contribution in [0.15, 0.2) is 38.5 Å². The van der Waals surface area contributed by atoms with Crippen LogP contribution < -0.4 is 11.1 Å². The number of anilines is 1. The second-order valence-electron chi connectivity index (χ2n) is 4.33. The minimum atomic E-state index is 0.590. The molecule has 0 saturated carbocycles. The summed E-state index contributed by atoms with van der Waals surface area (Å²) in [5.41, 5.74) is 6.53. The zero-order valence-electron chi connectivity index (χ0n) is 11.3. The van der Waals surface area contributed by atoms with E-state index in [1.54, 1.807) is 6.33 Å². The molecule has 0 saturated heterocycles. The quantitative estimate of drug-likeness (QED) is 0.715. The summed E-state index contributed by atoms with van der Waals surface area (Å²) >= 11 is 2.89. The molecule has 0 radical (unpaired) electrons. The lowest BCUT2D eigenvalue weighted by molar-refractivity contribution is 0.415. The van der Waals surface area contributed by atoms with E-state index in [0.29, 0.717) is 18.2 Å². The molecule has 3 heterocycles. The van der Waals surface area contributed by atoms with Gasteiger partial charge in [-0.1, -0.05) is 0 Å². The Labute approximate surface area is 129 Å². The van der Waals surface area contributed by atoms with Crippen LogP contribution >= 0.6 is 23.1 Å². The van der Waals surface area contributed by atoms with Crippen molar-refractivity contribution < 1.29 is 4.42 Å². The van der Waals surface area contributed by atoms with Crippen molar-refractivity contribution in [1.82, 2.24) is 25.1 Å². The molecule has 0 aliphatic heterocycles. The van der Waals surface area contributed by atoms with Crippen molar-refractivity contribution in [3.63, 3.8) is 0 Å². The van der Waals surface area contributed by atoms with Gasteiger partial charge in [0.15, 0.2) is 15.4 Å². The summed E-state index contributed by atoms with van der Waals surface area (Å²) in [4.78, 5) is 4.19. The van der Waals surface area contributed by atoms with Gasteiger partial charge in [-0.05, 0) is 23.9 Å². The lowest BCUT2D eigenvalue weighted by Gasteiger charge is -2.00. The molecule has 21 heavy (non-hydrogen) atoms. The molecule has 0 atom stereocenters. The Balaban J connectivity index is 1.52. The highest BCUT2D eigenvalue weighted by atomic mass is 32.2. The number of furan rings is 1. The summed E-state index contributed by atoms with van der Waals surface area (Å²) in [5.74, 6) is 0.864. The van der Waals surface area contributed by atoms with Gasteiger partial charge in [0.2, 0.25) is 0 Å². The lowest BCUT2D eigenvalue weighted by Crippen LogP contribution is -2.12. The number of aromatic nitrogens is 4. The van der Waals surface area contributed by atoms with E-state index in [1.165, 1.54) is 23.1 Å². The summed E-state index contributed by atoms with van der Waals surface area (Å²) in [6.07, 6.45) is 1.66. The summed E-state index contributed by atoms with van der Waals surface area (Å²) in [6, 6.07) is 3.87. The summed E-state index contributed by atoms with van der Waals surface area (Å²) in [7, 11) is 1.90. The van der Waals surface area contributed by atoms with Crippen molar-refractivity contribution in [2.75, 3.05) is 5.73 Å². The number of nitrogens with zero attached hydrogens (tertiary/aromatic N) is 4. The first-order valence-electron chi connectivity index (χ1n) is 6.22. The molecule has 0 amide bonds. The van der Waals surface area contributed by atoms with E-state index in [9.17, 15) is 0 Å². The molecule has 3 N–H and O–H groups in total. The van der Waals surface area contributed by atoms with E-state index in [0.717, 1.165) is 21.7 Å². The average Bonchev–Trinajstić information content (AvgIpc) is 3.15. The predicted octanol–water partition coefficient (Wildman–Crippen LogP) is 1.89. The van der Waals surface area contributed by atoms with Gasteiger partial charge in [0.05, 0.1) is 12.2 Å². The minimum absolute atomic E-state index is 0.590. The normalized spacial score (nSPS) is 11.1. The number of nitrogens with one attached hydrogen (secondary N) is 1. The Morgan fingerprint density at radius 1 is 1.43 bits per heavy atom. The number of rotatable bonds is 6. The van der Waals surface area contributed by atoms with Crippen LogP contribution in [0.5, 0.6) is 0 Å². The van der Waals surface area contributed by atoms with Crippen LogP contribution in [0, 0.1) is 0 Å². The summed E-state index contributed by atoms with van der Waals surface area (Å²) in [6.45, 7) is 1.30. The van der Waals surface area contributed by atoms with E-state index in [-0.39, 0.29) is 0 Å². The summed E-state index contributed by atoms with van der Waals surface area (Å²) in [5, 5.41) is 15.2. The number of nitrogens with two attached hydrogens (primary N) is 1. The van der Waals surface area contributed by atoms with E-state index in [4.69, 9.17) is 10.2 Å². The van der Waals surface area contributed by atoms with Crippen molar-refractivity contribution in [3.05, 3.63) is 35.3 Å². The molecule has 0 fully saturated rings. The molecule has 3 rings (SSSR count). The Morgan fingerprint density at radius 2 is 2.33 bits per heavy atom. The largest absolute Gasteiger partial charge is 0.453 e. The van der Waals surface area contributed by atoms with Crippen molar-refractivity contribution in [3.8, 4) is 0 Å². The molecule has 0 spiro atoms. The fourth-order valence-corrected chi connectivity index (χ4v) is 2.99. The first-order valence-corrected chi connectivity index (χ1v) is 7.91. The molecular weight excluding hydrogens is 308 g/mol. The van der Waals surface area contributed by atoms with Crippen LogP contribution in [-0.2, 0) is 20.1 Å². The van der Waals surface area contributed by atoms with Crippen LogP contribution in [0.1, 0.15) is 11.5 Å². The standard InChI is InChI=1S/C12H14N6OS2/c1-18-7-15-17-12(18)21-10-3-2-9(19-10)5-14-4-8-6-20-11(13)16-8/h2-3,6-7,14H,4-5H2,1H3,(H2,13,16). The Hall–Kier alpha value is -1.84. The van der Waals surface area contributed by atoms with Gasteiger partial charge < -0.3 is 20.0 Å². The van der Waals surface area contributed by atoms with Gasteiger partial charge in [0.25, 0.3) is 0 Å². The average molecular weight is 322 g/mol. The van der Waals surface area contributed by atoms with Gasteiger partial charge in [-0.25, -0.2) is 4.98 Å². The molecule has 110 valence electrons. The number of nitrogen functional groups attached to an aromatic ring is 1. The van der Waals surface area contributed by atoms with E-state index >= 15 is 0 Å². The fourth-order valence-electron chi connectivity index (χ4n) is 1.68. The molecule has 0 aromatic carbocycles. The highest BCUT2D eigenvalue weighted by molar-refractivity contribution is 7.99. The second kappa shape index (κ2) is 6.29.